The van der Waals surface area contributed by atoms with E-state index in [4.69, 9.17) is 9.47 Å². The van der Waals surface area contributed by atoms with E-state index in [1.165, 1.54) is 0 Å². The molecule has 0 aliphatic heterocycles. The van der Waals surface area contributed by atoms with Gasteiger partial charge < -0.3 is 19.4 Å². The number of hydrogen-bond acceptors (Lipinski definition) is 4. The molecule has 108 valence electrons. The highest BCUT2D eigenvalue weighted by Crippen LogP contribution is 2.35. The number of ether oxygens (including phenoxy) is 2. The summed E-state index contributed by atoms with van der Waals surface area (Å²) in [5.41, 5.74) is 1.02. The Morgan fingerprint density at radius 2 is 1.90 bits per heavy atom. The van der Waals surface area contributed by atoms with Gasteiger partial charge in [-0.05, 0) is 19.2 Å². The van der Waals surface area contributed by atoms with Gasteiger partial charge in [-0.3, -0.25) is 0 Å². The third kappa shape index (κ3) is 2.77. The number of aryl methyl sites for hydroxylation is 1. The lowest BCUT2D eigenvalue weighted by Gasteiger charge is -2.21. The van der Waals surface area contributed by atoms with E-state index in [0.29, 0.717) is 0 Å². The third-order valence-corrected chi connectivity index (χ3v) is 3.47. The highest BCUT2D eigenvalue weighted by molar-refractivity contribution is 5.47. The first kappa shape index (κ1) is 14.4. The molecule has 1 aromatic heterocycles. The van der Waals surface area contributed by atoms with Crippen molar-refractivity contribution in [2.75, 3.05) is 21.3 Å². The van der Waals surface area contributed by atoms with Crippen LogP contribution < -0.4 is 14.8 Å². The molecule has 0 saturated carbocycles. The number of likely N-dealkylation sites (N-methyl/N-ethyl adjacent to an activating group) is 1. The van der Waals surface area contributed by atoms with Crippen molar-refractivity contribution in [2.45, 2.75) is 12.5 Å². The maximum absolute atomic E-state index is 5.47. The molecule has 0 amide bonds. The fraction of sp³-hybridized carbons (Fsp3) is 0.400. The summed E-state index contributed by atoms with van der Waals surface area (Å²) in [5, 5.41) is 3.32. The van der Waals surface area contributed by atoms with Gasteiger partial charge in [0.05, 0.1) is 19.8 Å². The fourth-order valence-corrected chi connectivity index (χ4v) is 2.35. The smallest absolute Gasteiger partial charge is 0.127 e. The summed E-state index contributed by atoms with van der Waals surface area (Å²) in [5.74, 6) is 2.65. The fourth-order valence-electron chi connectivity index (χ4n) is 2.35. The van der Waals surface area contributed by atoms with Crippen molar-refractivity contribution in [1.29, 1.82) is 0 Å². The minimum atomic E-state index is 0.0715. The van der Waals surface area contributed by atoms with Crippen molar-refractivity contribution < 1.29 is 9.47 Å². The molecule has 0 aliphatic carbocycles. The molecule has 0 fully saturated rings. The molecular formula is C15H21N3O2. The number of hydrogen-bond donors (Lipinski definition) is 1. The topological polar surface area (TPSA) is 48.3 Å². The van der Waals surface area contributed by atoms with Crippen LogP contribution in [0.3, 0.4) is 0 Å². The molecule has 1 aromatic carbocycles. The summed E-state index contributed by atoms with van der Waals surface area (Å²) in [6, 6.07) is 5.89. The molecular weight excluding hydrogens is 254 g/mol. The number of rotatable bonds is 6. The van der Waals surface area contributed by atoms with Gasteiger partial charge in [0.1, 0.15) is 17.3 Å². The van der Waals surface area contributed by atoms with Crippen LogP contribution in [0.4, 0.5) is 0 Å². The highest BCUT2D eigenvalue weighted by Gasteiger charge is 2.21. The lowest BCUT2D eigenvalue weighted by molar-refractivity contribution is 0.372. The Morgan fingerprint density at radius 1 is 1.25 bits per heavy atom. The summed E-state index contributed by atoms with van der Waals surface area (Å²) >= 11 is 0. The van der Waals surface area contributed by atoms with Gasteiger partial charge in [0.2, 0.25) is 0 Å². The molecule has 0 saturated heterocycles. The molecule has 5 nitrogen and oxygen atoms in total. The second-order valence-corrected chi connectivity index (χ2v) is 4.58. The van der Waals surface area contributed by atoms with Crippen molar-refractivity contribution in [3.63, 3.8) is 0 Å². The van der Waals surface area contributed by atoms with Gasteiger partial charge in [0, 0.05) is 31.9 Å². The maximum atomic E-state index is 5.47. The zero-order valence-corrected chi connectivity index (χ0v) is 12.4. The molecule has 1 atom stereocenters. The van der Waals surface area contributed by atoms with Gasteiger partial charge in [-0.15, -0.1) is 0 Å². The Hall–Kier alpha value is -2.01. The van der Waals surface area contributed by atoms with Gasteiger partial charge in [-0.25, -0.2) is 4.98 Å². The number of methoxy groups -OCH3 is 2. The van der Waals surface area contributed by atoms with E-state index in [9.17, 15) is 0 Å². The Balaban J connectivity index is 2.38. The van der Waals surface area contributed by atoms with Crippen molar-refractivity contribution in [2.24, 2.45) is 7.05 Å². The van der Waals surface area contributed by atoms with Crippen molar-refractivity contribution >= 4 is 0 Å². The lowest BCUT2D eigenvalue weighted by atomic mass is 10.0. The normalized spacial score (nSPS) is 12.2. The number of nitrogens with zero attached hydrogens (tertiary/aromatic N) is 2. The number of nitrogens with one attached hydrogen (secondary N) is 1. The quantitative estimate of drug-likeness (QED) is 0.875. The van der Waals surface area contributed by atoms with Crippen LogP contribution in [-0.2, 0) is 13.5 Å². The van der Waals surface area contributed by atoms with E-state index in [0.717, 1.165) is 29.3 Å². The molecule has 1 heterocycles. The minimum Gasteiger partial charge on any atom is -0.496 e. The molecule has 0 radical (unpaired) electrons. The second kappa shape index (κ2) is 6.43. The predicted octanol–water partition coefficient (Wildman–Crippen LogP) is 1.94. The van der Waals surface area contributed by atoms with Gasteiger partial charge in [0.15, 0.2) is 0 Å². The lowest BCUT2D eigenvalue weighted by Crippen LogP contribution is -2.21. The summed E-state index contributed by atoms with van der Waals surface area (Å²) in [4.78, 5) is 4.38. The molecule has 0 aliphatic rings. The Bertz CT molecular complexity index is 544. The molecule has 20 heavy (non-hydrogen) atoms. The SMILES string of the molecule is CNC(Cc1nccn1C)c1c(OC)cccc1OC. The molecule has 5 heteroatoms. The van der Waals surface area contributed by atoms with Crippen LogP contribution in [0.2, 0.25) is 0 Å². The Labute approximate surface area is 119 Å². The van der Waals surface area contributed by atoms with E-state index in [2.05, 4.69) is 10.3 Å². The molecule has 2 rings (SSSR count). The van der Waals surface area contributed by atoms with Gasteiger partial charge in [-0.1, -0.05) is 6.07 Å². The Kier molecular flexibility index (Phi) is 4.63. The summed E-state index contributed by atoms with van der Waals surface area (Å²) in [7, 11) is 7.27. The highest BCUT2D eigenvalue weighted by atomic mass is 16.5. The average Bonchev–Trinajstić information content (AvgIpc) is 2.89. The van der Waals surface area contributed by atoms with Crippen LogP contribution in [0.15, 0.2) is 30.6 Å². The Morgan fingerprint density at radius 3 is 2.35 bits per heavy atom. The van der Waals surface area contributed by atoms with Crippen LogP contribution in [-0.4, -0.2) is 30.8 Å². The van der Waals surface area contributed by atoms with Crippen LogP contribution >= 0.6 is 0 Å². The first-order chi connectivity index (χ1) is 9.71. The summed E-state index contributed by atoms with van der Waals surface area (Å²) in [6.45, 7) is 0. The van der Waals surface area contributed by atoms with Crippen LogP contribution in [0, 0.1) is 0 Å². The number of benzene rings is 1. The maximum Gasteiger partial charge on any atom is 0.127 e. The van der Waals surface area contributed by atoms with Gasteiger partial charge in [0.25, 0.3) is 0 Å². The van der Waals surface area contributed by atoms with Crippen molar-refractivity contribution in [1.82, 2.24) is 14.9 Å². The first-order valence-electron chi connectivity index (χ1n) is 6.55. The third-order valence-electron chi connectivity index (χ3n) is 3.47. The molecule has 1 N–H and O–H groups in total. The monoisotopic (exact) mass is 275 g/mol. The standard InChI is InChI=1S/C15H21N3O2/c1-16-11(10-14-17-8-9-18(14)2)15-12(19-3)6-5-7-13(15)20-4/h5-9,11,16H,10H2,1-4H3. The van der Waals surface area contributed by atoms with Gasteiger partial charge in [-0.2, -0.15) is 0 Å². The van der Waals surface area contributed by atoms with Gasteiger partial charge >= 0.3 is 0 Å². The molecule has 0 bridgehead atoms. The van der Waals surface area contributed by atoms with Crippen LogP contribution in [0.25, 0.3) is 0 Å². The molecule has 0 spiro atoms. The minimum absolute atomic E-state index is 0.0715. The zero-order valence-electron chi connectivity index (χ0n) is 12.4. The van der Waals surface area contributed by atoms with Crippen molar-refractivity contribution in [3.8, 4) is 11.5 Å². The second-order valence-electron chi connectivity index (χ2n) is 4.58. The van der Waals surface area contributed by atoms with Crippen molar-refractivity contribution in [3.05, 3.63) is 42.0 Å². The van der Waals surface area contributed by atoms with E-state index in [-0.39, 0.29) is 6.04 Å². The molecule has 1 unspecified atom stereocenters. The number of imidazole rings is 1. The number of aromatic nitrogens is 2. The van der Waals surface area contributed by atoms with E-state index in [1.54, 1.807) is 14.2 Å². The summed E-state index contributed by atoms with van der Waals surface area (Å²) in [6.07, 6.45) is 4.51. The summed E-state index contributed by atoms with van der Waals surface area (Å²) < 4.78 is 13.0. The van der Waals surface area contributed by atoms with Crippen LogP contribution in [0.5, 0.6) is 11.5 Å². The average molecular weight is 275 g/mol. The van der Waals surface area contributed by atoms with E-state index < -0.39 is 0 Å². The zero-order chi connectivity index (χ0) is 14.5. The largest absolute Gasteiger partial charge is 0.496 e. The first-order valence-corrected chi connectivity index (χ1v) is 6.55. The predicted molar refractivity (Wildman–Crippen MR) is 78.3 cm³/mol. The van der Waals surface area contributed by atoms with Crippen LogP contribution in [0.1, 0.15) is 17.4 Å². The van der Waals surface area contributed by atoms with E-state index in [1.807, 2.05) is 49.3 Å². The molecule has 2 aromatic rings. The van der Waals surface area contributed by atoms with E-state index >= 15 is 0 Å².